The highest BCUT2D eigenvalue weighted by Crippen LogP contribution is 2.41. The van der Waals surface area contributed by atoms with E-state index in [1.54, 1.807) is 0 Å². The normalized spacial score (nSPS) is 25.2. The Labute approximate surface area is 112 Å². The van der Waals surface area contributed by atoms with Gasteiger partial charge in [-0.2, -0.15) is 0 Å². The van der Waals surface area contributed by atoms with Gasteiger partial charge in [0.25, 0.3) is 0 Å². The summed E-state index contributed by atoms with van der Waals surface area (Å²) >= 11 is 0. The number of fused-ring (bicyclic) bond motifs is 3. The molecule has 0 radical (unpaired) electrons. The van der Waals surface area contributed by atoms with Gasteiger partial charge in [0, 0.05) is 6.54 Å². The standard InChI is InChI=1S/C14H17N5/c1-2-6-11(7-3-1)10-18-12-8-4-5-9-13(12)19-14(18)15-16-17-19/h1-3,6-7,12-13H,4-5,8-10H2/t12-,13+/m0/s1. The monoisotopic (exact) mass is 255 g/mol. The van der Waals surface area contributed by atoms with E-state index in [0.29, 0.717) is 12.1 Å². The van der Waals surface area contributed by atoms with Crippen molar-refractivity contribution >= 4 is 5.95 Å². The van der Waals surface area contributed by atoms with Gasteiger partial charge in [0.15, 0.2) is 0 Å². The van der Waals surface area contributed by atoms with Gasteiger partial charge in [-0.3, -0.25) is 0 Å². The predicted octanol–water partition coefficient (Wildman–Crippen LogP) is 2.18. The van der Waals surface area contributed by atoms with E-state index in [4.69, 9.17) is 0 Å². The summed E-state index contributed by atoms with van der Waals surface area (Å²) in [6, 6.07) is 11.6. The predicted molar refractivity (Wildman–Crippen MR) is 71.7 cm³/mol. The molecule has 2 heterocycles. The molecule has 1 aliphatic heterocycles. The summed E-state index contributed by atoms with van der Waals surface area (Å²) in [5, 5.41) is 12.3. The molecule has 0 amide bonds. The van der Waals surface area contributed by atoms with E-state index in [2.05, 4.69) is 50.8 Å². The molecule has 1 aliphatic carbocycles. The fourth-order valence-corrected chi connectivity index (χ4v) is 3.45. The summed E-state index contributed by atoms with van der Waals surface area (Å²) in [6.07, 6.45) is 5.04. The quantitative estimate of drug-likeness (QED) is 0.825. The lowest BCUT2D eigenvalue weighted by molar-refractivity contribution is 0.308. The van der Waals surface area contributed by atoms with Crippen molar-refractivity contribution in [2.45, 2.75) is 44.3 Å². The van der Waals surface area contributed by atoms with Crippen LogP contribution in [-0.4, -0.2) is 26.2 Å². The van der Waals surface area contributed by atoms with Gasteiger partial charge in [-0.25, -0.2) is 4.68 Å². The van der Waals surface area contributed by atoms with Gasteiger partial charge in [0.05, 0.1) is 12.1 Å². The first-order chi connectivity index (χ1) is 9.43. The Morgan fingerprint density at radius 3 is 2.68 bits per heavy atom. The lowest BCUT2D eigenvalue weighted by Crippen LogP contribution is -2.36. The van der Waals surface area contributed by atoms with Crippen molar-refractivity contribution in [2.75, 3.05) is 4.90 Å². The van der Waals surface area contributed by atoms with Crippen molar-refractivity contribution in [2.24, 2.45) is 0 Å². The minimum atomic E-state index is 0.475. The van der Waals surface area contributed by atoms with Gasteiger partial charge in [0.2, 0.25) is 5.95 Å². The number of rotatable bonds is 2. The summed E-state index contributed by atoms with van der Waals surface area (Å²) in [5.41, 5.74) is 1.32. The molecule has 5 nitrogen and oxygen atoms in total. The van der Waals surface area contributed by atoms with Crippen LogP contribution in [0.5, 0.6) is 0 Å². The molecule has 1 aromatic carbocycles. The minimum Gasteiger partial charge on any atom is -0.330 e. The molecule has 4 rings (SSSR count). The van der Waals surface area contributed by atoms with Crippen LogP contribution in [0.15, 0.2) is 30.3 Å². The Hall–Kier alpha value is -1.91. The van der Waals surface area contributed by atoms with Crippen LogP contribution in [0.4, 0.5) is 5.95 Å². The molecular formula is C14H17N5. The Kier molecular flexibility index (Phi) is 2.50. The van der Waals surface area contributed by atoms with Gasteiger partial charge in [-0.15, -0.1) is 0 Å². The van der Waals surface area contributed by atoms with E-state index >= 15 is 0 Å². The van der Waals surface area contributed by atoms with E-state index in [-0.39, 0.29) is 0 Å². The second kappa shape index (κ2) is 4.33. The molecular weight excluding hydrogens is 238 g/mol. The SMILES string of the molecule is c1ccc(CN2c3nnnn3[C@@H]3CCCC[C@@H]32)cc1. The molecule has 0 N–H and O–H groups in total. The molecule has 5 heteroatoms. The van der Waals surface area contributed by atoms with Crippen molar-refractivity contribution in [3.8, 4) is 0 Å². The van der Waals surface area contributed by atoms with Crippen LogP contribution >= 0.6 is 0 Å². The third-order valence-electron chi connectivity index (χ3n) is 4.34. The van der Waals surface area contributed by atoms with Crippen molar-refractivity contribution in [1.82, 2.24) is 20.2 Å². The van der Waals surface area contributed by atoms with Gasteiger partial charge >= 0.3 is 0 Å². The highest BCUT2D eigenvalue weighted by molar-refractivity contribution is 5.39. The van der Waals surface area contributed by atoms with Crippen LogP contribution in [0.3, 0.4) is 0 Å². The van der Waals surface area contributed by atoms with E-state index in [1.807, 2.05) is 4.68 Å². The Balaban J connectivity index is 1.67. The van der Waals surface area contributed by atoms with Crippen LogP contribution < -0.4 is 4.90 Å². The van der Waals surface area contributed by atoms with Crippen LogP contribution in [0.25, 0.3) is 0 Å². The van der Waals surface area contributed by atoms with Gasteiger partial charge < -0.3 is 4.90 Å². The summed E-state index contributed by atoms with van der Waals surface area (Å²) in [7, 11) is 0. The summed E-state index contributed by atoms with van der Waals surface area (Å²) in [6.45, 7) is 0.905. The lowest BCUT2D eigenvalue weighted by Gasteiger charge is -2.31. The summed E-state index contributed by atoms with van der Waals surface area (Å²) in [5.74, 6) is 0.945. The molecule has 2 atom stereocenters. The van der Waals surface area contributed by atoms with E-state index in [1.165, 1.54) is 31.2 Å². The molecule has 98 valence electrons. The average Bonchev–Trinajstić information content (AvgIpc) is 3.04. The third-order valence-corrected chi connectivity index (χ3v) is 4.34. The second-order valence-electron chi connectivity index (χ2n) is 5.46. The lowest BCUT2D eigenvalue weighted by atomic mass is 9.90. The zero-order chi connectivity index (χ0) is 12.7. The smallest absolute Gasteiger partial charge is 0.246 e. The van der Waals surface area contributed by atoms with Crippen molar-refractivity contribution in [3.05, 3.63) is 35.9 Å². The fraction of sp³-hybridized carbons (Fsp3) is 0.500. The molecule has 0 unspecified atom stereocenters. The van der Waals surface area contributed by atoms with Crippen LogP contribution in [0, 0.1) is 0 Å². The molecule has 2 aliphatic rings. The summed E-state index contributed by atoms with van der Waals surface area (Å²) in [4.78, 5) is 2.39. The molecule has 0 bridgehead atoms. The fourth-order valence-electron chi connectivity index (χ4n) is 3.45. The first kappa shape index (κ1) is 11.0. The molecule has 1 aromatic heterocycles. The zero-order valence-corrected chi connectivity index (χ0v) is 10.8. The van der Waals surface area contributed by atoms with Crippen molar-refractivity contribution in [1.29, 1.82) is 0 Å². The zero-order valence-electron chi connectivity index (χ0n) is 10.8. The first-order valence-electron chi connectivity index (χ1n) is 7.02. The molecule has 2 aromatic rings. The van der Waals surface area contributed by atoms with Gasteiger partial charge in [-0.1, -0.05) is 48.3 Å². The van der Waals surface area contributed by atoms with Gasteiger partial charge in [0.1, 0.15) is 0 Å². The third kappa shape index (κ3) is 1.72. The Morgan fingerprint density at radius 1 is 1.05 bits per heavy atom. The van der Waals surface area contributed by atoms with E-state index < -0.39 is 0 Å². The van der Waals surface area contributed by atoms with E-state index in [9.17, 15) is 0 Å². The number of tetrazole rings is 1. The van der Waals surface area contributed by atoms with E-state index in [0.717, 1.165) is 12.5 Å². The average molecular weight is 255 g/mol. The molecule has 19 heavy (non-hydrogen) atoms. The maximum atomic E-state index is 4.23. The summed E-state index contributed by atoms with van der Waals surface area (Å²) < 4.78 is 2.03. The van der Waals surface area contributed by atoms with Crippen molar-refractivity contribution in [3.63, 3.8) is 0 Å². The minimum absolute atomic E-state index is 0.475. The maximum Gasteiger partial charge on any atom is 0.246 e. The molecule has 0 saturated heterocycles. The van der Waals surface area contributed by atoms with Crippen molar-refractivity contribution < 1.29 is 0 Å². The topological polar surface area (TPSA) is 46.8 Å². The number of hydrogen-bond acceptors (Lipinski definition) is 4. The van der Waals surface area contributed by atoms with Crippen LogP contribution in [-0.2, 0) is 6.54 Å². The Morgan fingerprint density at radius 2 is 1.84 bits per heavy atom. The maximum absolute atomic E-state index is 4.23. The van der Waals surface area contributed by atoms with Crippen LogP contribution in [0.1, 0.15) is 37.3 Å². The highest BCUT2D eigenvalue weighted by atomic mass is 15.6. The molecule has 1 fully saturated rings. The Bertz CT molecular complexity index is 564. The van der Waals surface area contributed by atoms with Crippen LogP contribution in [0.2, 0.25) is 0 Å². The highest BCUT2D eigenvalue weighted by Gasteiger charge is 2.41. The number of anilines is 1. The molecule has 1 saturated carbocycles. The second-order valence-corrected chi connectivity index (χ2v) is 5.46. The number of nitrogens with zero attached hydrogens (tertiary/aromatic N) is 5. The largest absolute Gasteiger partial charge is 0.330 e. The number of hydrogen-bond donors (Lipinski definition) is 0. The number of aromatic nitrogens is 4. The molecule has 0 spiro atoms. The first-order valence-corrected chi connectivity index (χ1v) is 7.02. The van der Waals surface area contributed by atoms with Gasteiger partial charge in [-0.05, 0) is 28.8 Å². The number of benzene rings is 1.